The van der Waals surface area contributed by atoms with Crippen LogP contribution in [0.2, 0.25) is 0 Å². The Balaban J connectivity index is 2.09. The first kappa shape index (κ1) is 13.4. The molecule has 2 nitrogen and oxygen atoms in total. The second kappa shape index (κ2) is 3.71. The van der Waals surface area contributed by atoms with Gasteiger partial charge in [-0.05, 0) is 58.8 Å². The van der Waals surface area contributed by atoms with E-state index in [1.807, 2.05) is 0 Å². The molecular formula is C15H28O2. The van der Waals surface area contributed by atoms with E-state index in [1.165, 1.54) is 0 Å². The van der Waals surface area contributed by atoms with Crippen LogP contribution < -0.4 is 0 Å². The Kier molecular flexibility index (Phi) is 2.91. The largest absolute Gasteiger partial charge is 0.389 e. The van der Waals surface area contributed by atoms with Crippen LogP contribution in [0.5, 0.6) is 0 Å². The second-order valence-electron chi connectivity index (χ2n) is 7.74. The maximum atomic E-state index is 10.8. The molecule has 2 fully saturated rings. The first-order valence-electron chi connectivity index (χ1n) is 6.98. The minimum atomic E-state index is -0.480. The van der Waals surface area contributed by atoms with Gasteiger partial charge < -0.3 is 9.84 Å². The summed E-state index contributed by atoms with van der Waals surface area (Å²) in [5.74, 6) is 1.66. The summed E-state index contributed by atoms with van der Waals surface area (Å²) in [6, 6.07) is 0. The summed E-state index contributed by atoms with van der Waals surface area (Å²) in [7, 11) is 0. The first-order chi connectivity index (χ1) is 7.56. The number of aliphatic hydroxyl groups is 1. The molecule has 0 radical (unpaired) electrons. The van der Waals surface area contributed by atoms with Crippen molar-refractivity contribution in [3.63, 3.8) is 0 Å². The molecule has 17 heavy (non-hydrogen) atoms. The molecule has 100 valence electrons. The highest BCUT2D eigenvalue weighted by atomic mass is 16.5. The molecule has 0 aromatic rings. The third-order valence-corrected chi connectivity index (χ3v) is 4.90. The molecule has 1 aliphatic heterocycles. The van der Waals surface area contributed by atoms with E-state index in [9.17, 15) is 5.11 Å². The van der Waals surface area contributed by atoms with Crippen LogP contribution in [0.25, 0.3) is 0 Å². The van der Waals surface area contributed by atoms with E-state index in [0.29, 0.717) is 11.8 Å². The van der Waals surface area contributed by atoms with Gasteiger partial charge in [-0.1, -0.05) is 13.8 Å². The van der Waals surface area contributed by atoms with Crippen molar-refractivity contribution in [1.29, 1.82) is 0 Å². The van der Waals surface area contributed by atoms with Crippen molar-refractivity contribution in [3.05, 3.63) is 0 Å². The van der Waals surface area contributed by atoms with Crippen molar-refractivity contribution >= 4 is 0 Å². The minimum absolute atomic E-state index is 0.0905. The molecule has 2 aliphatic rings. The maximum absolute atomic E-state index is 10.8. The number of hydrogen-bond acceptors (Lipinski definition) is 2. The zero-order chi connectivity index (χ0) is 13.1. The summed E-state index contributed by atoms with van der Waals surface area (Å²) >= 11 is 0. The monoisotopic (exact) mass is 240 g/mol. The predicted molar refractivity (Wildman–Crippen MR) is 69.9 cm³/mol. The van der Waals surface area contributed by atoms with Gasteiger partial charge in [-0.15, -0.1) is 0 Å². The topological polar surface area (TPSA) is 29.5 Å². The quantitative estimate of drug-likeness (QED) is 0.802. The van der Waals surface area contributed by atoms with Crippen LogP contribution >= 0.6 is 0 Å². The molecule has 0 amide bonds. The van der Waals surface area contributed by atoms with E-state index >= 15 is 0 Å². The van der Waals surface area contributed by atoms with Crippen LogP contribution in [0, 0.1) is 17.8 Å². The highest BCUT2D eigenvalue weighted by molar-refractivity contribution is 5.09. The SMILES string of the molecule is CC(C)C1CC(O)(C2CC(C)(C)OC2(C)C)C1. The third kappa shape index (κ3) is 2.26. The Labute approximate surface area is 106 Å². The molecular weight excluding hydrogens is 212 g/mol. The molecule has 1 heterocycles. The average Bonchev–Trinajstić information content (AvgIpc) is 2.28. The fraction of sp³-hybridized carbons (Fsp3) is 1.00. The molecule has 1 N–H and O–H groups in total. The van der Waals surface area contributed by atoms with Gasteiger partial charge in [0.05, 0.1) is 16.8 Å². The Hall–Kier alpha value is -0.0800. The van der Waals surface area contributed by atoms with Gasteiger partial charge in [-0.3, -0.25) is 0 Å². The predicted octanol–water partition coefficient (Wildman–Crippen LogP) is 3.38. The molecule has 1 unspecified atom stereocenters. The molecule has 1 saturated heterocycles. The van der Waals surface area contributed by atoms with E-state index in [-0.39, 0.29) is 17.1 Å². The van der Waals surface area contributed by atoms with Crippen LogP contribution in [-0.4, -0.2) is 21.9 Å². The molecule has 1 aliphatic carbocycles. The van der Waals surface area contributed by atoms with Crippen LogP contribution in [0.15, 0.2) is 0 Å². The van der Waals surface area contributed by atoms with Crippen LogP contribution in [-0.2, 0) is 4.74 Å². The zero-order valence-electron chi connectivity index (χ0n) is 12.2. The van der Waals surface area contributed by atoms with Crippen molar-refractivity contribution in [1.82, 2.24) is 0 Å². The van der Waals surface area contributed by atoms with Gasteiger partial charge >= 0.3 is 0 Å². The van der Waals surface area contributed by atoms with E-state index in [1.54, 1.807) is 0 Å². The number of hydrogen-bond donors (Lipinski definition) is 1. The van der Waals surface area contributed by atoms with Crippen LogP contribution in [0.4, 0.5) is 0 Å². The molecule has 2 rings (SSSR count). The van der Waals surface area contributed by atoms with Gasteiger partial charge in [0, 0.05) is 5.92 Å². The number of ether oxygens (including phenoxy) is 1. The normalized spacial score (nSPS) is 43.8. The highest BCUT2D eigenvalue weighted by Crippen LogP contribution is 2.56. The van der Waals surface area contributed by atoms with Crippen LogP contribution in [0.3, 0.4) is 0 Å². The third-order valence-electron chi connectivity index (χ3n) is 4.90. The Morgan fingerprint density at radius 2 is 1.59 bits per heavy atom. The fourth-order valence-electron chi connectivity index (χ4n) is 4.00. The van der Waals surface area contributed by atoms with Gasteiger partial charge in [0.15, 0.2) is 0 Å². The summed E-state index contributed by atoms with van der Waals surface area (Å²) < 4.78 is 6.11. The van der Waals surface area contributed by atoms with Crippen molar-refractivity contribution in [3.8, 4) is 0 Å². The molecule has 0 bridgehead atoms. The summed E-state index contributed by atoms with van der Waals surface area (Å²) in [4.78, 5) is 0. The maximum Gasteiger partial charge on any atom is 0.0709 e. The highest BCUT2D eigenvalue weighted by Gasteiger charge is 2.59. The Bertz CT molecular complexity index is 298. The average molecular weight is 240 g/mol. The van der Waals surface area contributed by atoms with Crippen molar-refractivity contribution < 1.29 is 9.84 Å². The van der Waals surface area contributed by atoms with Gasteiger partial charge in [-0.2, -0.15) is 0 Å². The van der Waals surface area contributed by atoms with E-state index < -0.39 is 5.60 Å². The minimum Gasteiger partial charge on any atom is -0.389 e. The van der Waals surface area contributed by atoms with E-state index in [4.69, 9.17) is 4.74 Å². The standard InChI is InChI=1S/C15H28O2/c1-10(2)11-7-15(16,8-11)12-9-13(3,4)17-14(12,5)6/h10-12,16H,7-9H2,1-6H3. The lowest BCUT2D eigenvalue weighted by Crippen LogP contribution is -2.56. The smallest absolute Gasteiger partial charge is 0.0709 e. The van der Waals surface area contributed by atoms with E-state index in [2.05, 4.69) is 41.5 Å². The Morgan fingerprint density at radius 1 is 1.06 bits per heavy atom. The van der Waals surface area contributed by atoms with E-state index in [0.717, 1.165) is 19.3 Å². The number of rotatable bonds is 2. The summed E-state index contributed by atoms with van der Waals surface area (Å²) in [6.07, 6.45) is 2.89. The van der Waals surface area contributed by atoms with Gasteiger partial charge in [0.25, 0.3) is 0 Å². The van der Waals surface area contributed by atoms with Gasteiger partial charge in [-0.25, -0.2) is 0 Å². The molecule has 2 heteroatoms. The summed E-state index contributed by atoms with van der Waals surface area (Å²) in [5, 5.41) is 10.8. The lowest BCUT2D eigenvalue weighted by Gasteiger charge is -2.52. The molecule has 0 aromatic carbocycles. The van der Waals surface area contributed by atoms with Gasteiger partial charge in [0.2, 0.25) is 0 Å². The lowest BCUT2D eigenvalue weighted by atomic mass is 9.57. The molecule has 1 atom stereocenters. The van der Waals surface area contributed by atoms with Crippen molar-refractivity contribution in [2.75, 3.05) is 0 Å². The first-order valence-corrected chi connectivity index (χ1v) is 6.98. The zero-order valence-corrected chi connectivity index (χ0v) is 12.2. The van der Waals surface area contributed by atoms with Crippen LogP contribution in [0.1, 0.15) is 60.8 Å². The lowest BCUT2D eigenvalue weighted by molar-refractivity contribution is -0.167. The van der Waals surface area contributed by atoms with Crippen molar-refractivity contribution in [2.24, 2.45) is 17.8 Å². The molecule has 0 spiro atoms. The second-order valence-corrected chi connectivity index (χ2v) is 7.74. The molecule has 0 aromatic heterocycles. The van der Waals surface area contributed by atoms with Gasteiger partial charge in [0.1, 0.15) is 0 Å². The summed E-state index contributed by atoms with van der Waals surface area (Å²) in [6.45, 7) is 13.0. The fourth-order valence-corrected chi connectivity index (χ4v) is 4.00. The Morgan fingerprint density at radius 3 is 1.94 bits per heavy atom. The molecule has 1 saturated carbocycles. The van der Waals surface area contributed by atoms with Crippen molar-refractivity contribution in [2.45, 2.75) is 77.6 Å². The summed E-state index contributed by atoms with van der Waals surface area (Å²) in [5.41, 5.74) is -0.765.